The maximum absolute atomic E-state index is 5.79. The number of rotatable bonds is 4. The van der Waals surface area contributed by atoms with Crippen LogP contribution in [0.1, 0.15) is 31.4 Å². The van der Waals surface area contributed by atoms with Crippen molar-refractivity contribution in [1.29, 1.82) is 0 Å². The van der Waals surface area contributed by atoms with Gasteiger partial charge in [0.1, 0.15) is 5.82 Å². The van der Waals surface area contributed by atoms with Gasteiger partial charge in [0.05, 0.1) is 19.3 Å². The first-order valence-electron chi connectivity index (χ1n) is 8.96. The van der Waals surface area contributed by atoms with Gasteiger partial charge < -0.3 is 24.4 Å². The molecule has 132 valence electrons. The third-order valence-electron chi connectivity index (χ3n) is 5.00. The molecule has 0 radical (unpaired) electrons. The zero-order valence-electron chi connectivity index (χ0n) is 14.3. The summed E-state index contributed by atoms with van der Waals surface area (Å²) in [5.74, 6) is 1.31. The highest BCUT2D eigenvalue weighted by atomic mass is 16.7. The van der Waals surface area contributed by atoms with Crippen LogP contribution in [0.15, 0.2) is 6.07 Å². The Morgan fingerprint density at radius 3 is 2.71 bits per heavy atom. The van der Waals surface area contributed by atoms with Crippen LogP contribution < -0.4 is 10.2 Å². The summed E-state index contributed by atoms with van der Waals surface area (Å²) < 4.78 is 17.2. The third kappa shape index (κ3) is 3.48. The molecule has 0 aromatic carbocycles. The van der Waals surface area contributed by atoms with E-state index in [9.17, 15) is 0 Å². The van der Waals surface area contributed by atoms with Crippen molar-refractivity contribution < 1.29 is 14.2 Å². The molecule has 1 N–H and O–H groups in total. The fourth-order valence-electron chi connectivity index (χ4n) is 3.64. The van der Waals surface area contributed by atoms with Gasteiger partial charge in [0.15, 0.2) is 5.79 Å². The first kappa shape index (κ1) is 16.1. The number of piperidine rings is 1. The molecule has 3 aliphatic heterocycles. The number of ether oxygens (including phenoxy) is 3. The lowest BCUT2D eigenvalue weighted by molar-refractivity contribution is -0.169. The summed E-state index contributed by atoms with van der Waals surface area (Å²) in [4.78, 5) is 11.5. The first-order valence-corrected chi connectivity index (χ1v) is 8.96. The van der Waals surface area contributed by atoms with E-state index < -0.39 is 0 Å². The van der Waals surface area contributed by atoms with E-state index in [2.05, 4.69) is 15.2 Å². The average Bonchev–Trinajstić information content (AvgIpc) is 3.26. The largest absolute Gasteiger partial charge is 0.376 e. The molecule has 3 fully saturated rings. The predicted octanol–water partition coefficient (Wildman–Crippen LogP) is 1.72. The first-order chi connectivity index (χ1) is 11.7. The predicted molar refractivity (Wildman–Crippen MR) is 90.3 cm³/mol. The standard InChI is InChI=1S/C17H26N4O3/c1-13-11-15(18-12-14-3-2-8-22-14)20-16(19-13)21-6-4-17(5-7-21)23-9-10-24-17/h11,14H,2-10,12H2,1H3,(H,18,19,20). The van der Waals surface area contributed by atoms with Crippen LogP contribution >= 0.6 is 0 Å². The highest BCUT2D eigenvalue weighted by Gasteiger charge is 2.40. The van der Waals surface area contributed by atoms with Gasteiger partial charge in [0, 0.05) is 50.8 Å². The molecule has 4 rings (SSSR count). The minimum absolute atomic E-state index is 0.301. The van der Waals surface area contributed by atoms with Crippen molar-refractivity contribution in [1.82, 2.24) is 9.97 Å². The topological polar surface area (TPSA) is 68.7 Å². The van der Waals surface area contributed by atoms with Crippen molar-refractivity contribution in [3.63, 3.8) is 0 Å². The van der Waals surface area contributed by atoms with Crippen LogP contribution in [-0.4, -0.2) is 61.3 Å². The SMILES string of the molecule is Cc1cc(NCC2CCCO2)nc(N2CCC3(CC2)OCCO3)n1. The van der Waals surface area contributed by atoms with Crippen LogP contribution in [0.25, 0.3) is 0 Å². The second-order valence-electron chi connectivity index (χ2n) is 6.81. The van der Waals surface area contributed by atoms with E-state index >= 15 is 0 Å². The molecule has 0 aliphatic carbocycles. The molecular weight excluding hydrogens is 308 g/mol. The molecule has 3 aliphatic rings. The maximum atomic E-state index is 5.79. The molecule has 1 spiro atoms. The minimum atomic E-state index is -0.360. The van der Waals surface area contributed by atoms with E-state index in [1.807, 2.05) is 13.0 Å². The lowest BCUT2D eigenvalue weighted by atomic mass is 10.0. The molecule has 7 heteroatoms. The van der Waals surface area contributed by atoms with Gasteiger partial charge >= 0.3 is 0 Å². The Balaban J connectivity index is 1.39. The Labute approximate surface area is 142 Å². The Hall–Kier alpha value is -1.44. The normalized spacial score (nSPS) is 26.2. The highest BCUT2D eigenvalue weighted by molar-refractivity contribution is 5.44. The van der Waals surface area contributed by atoms with Crippen LogP contribution in [0, 0.1) is 6.92 Å². The molecule has 0 amide bonds. The van der Waals surface area contributed by atoms with Crippen LogP contribution in [-0.2, 0) is 14.2 Å². The lowest BCUT2D eigenvalue weighted by Gasteiger charge is -2.37. The number of hydrogen-bond donors (Lipinski definition) is 1. The molecule has 1 unspecified atom stereocenters. The minimum Gasteiger partial charge on any atom is -0.376 e. The number of aromatic nitrogens is 2. The van der Waals surface area contributed by atoms with Crippen molar-refractivity contribution in [2.75, 3.05) is 49.7 Å². The van der Waals surface area contributed by atoms with Gasteiger partial charge in [-0.1, -0.05) is 0 Å². The summed E-state index contributed by atoms with van der Waals surface area (Å²) in [5.41, 5.74) is 0.975. The van der Waals surface area contributed by atoms with Crippen molar-refractivity contribution >= 4 is 11.8 Å². The molecule has 1 atom stereocenters. The highest BCUT2D eigenvalue weighted by Crippen LogP contribution is 2.32. The molecule has 4 heterocycles. The molecule has 7 nitrogen and oxygen atoms in total. The zero-order chi connectivity index (χ0) is 16.4. The van der Waals surface area contributed by atoms with Gasteiger partial charge in [-0.05, 0) is 19.8 Å². The van der Waals surface area contributed by atoms with E-state index in [1.165, 1.54) is 0 Å². The van der Waals surface area contributed by atoms with Crippen molar-refractivity contribution in [2.45, 2.75) is 44.5 Å². The second kappa shape index (κ2) is 6.82. The van der Waals surface area contributed by atoms with E-state index in [1.54, 1.807) is 0 Å². The molecule has 1 aromatic heterocycles. The van der Waals surface area contributed by atoms with Crippen LogP contribution in [0.2, 0.25) is 0 Å². The van der Waals surface area contributed by atoms with Gasteiger partial charge in [-0.2, -0.15) is 4.98 Å². The van der Waals surface area contributed by atoms with Crippen molar-refractivity contribution in [3.8, 4) is 0 Å². The Morgan fingerprint density at radius 1 is 1.21 bits per heavy atom. The number of hydrogen-bond acceptors (Lipinski definition) is 7. The van der Waals surface area contributed by atoms with Crippen LogP contribution in [0.5, 0.6) is 0 Å². The fraction of sp³-hybridized carbons (Fsp3) is 0.765. The lowest BCUT2D eigenvalue weighted by Crippen LogP contribution is -2.45. The summed E-state index contributed by atoms with van der Waals surface area (Å²) in [6.45, 7) is 6.82. The smallest absolute Gasteiger partial charge is 0.227 e. The van der Waals surface area contributed by atoms with Gasteiger partial charge in [0.2, 0.25) is 5.95 Å². The quantitative estimate of drug-likeness (QED) is 0.899. The van der Waals surface area contributed by atoms with Crippen LogP contribution in [0.4, 0.5) is 11.8 Å². The summed E-state index contributed by atoms with van der Waals surface area (Å²) in [5, 5.41) is 3.40. The van der Waals surface area contributed by atoms with Gasteiger partial charge in [-0.25, -0.2) is 4.98 Å². The molecular formula is C17H26N4O3. The second-order valence-corrected chi connectivity index (χ2v) is 6.81. The number of nitrogens with one attached hydrogen (secondary N) is 1. The number of anilines is 2. The fourth-order valence-corrected chi connectivity index (χ4v) is 3.64. The number of nitrogens with zero attached hydrogens (tertiary/aromatic N) is 3. The summed E-state index contributed by atoms with van der Waals surface area (Å²) in [6.07, 6.45) is 4.31. The maximum Gasteiger partial charge on any atom is 0.227 e. The summed E-state index contributed by atoms with van der Waals surface area (Å²) in [7, 11) is 0. The average molecular weight is 334 g/mol. The Kier molecular flexibility index (Phi) is 4.56. The Bertz CT molecular complexity index is 561. The Morgan fingerprint density at radius 2 is 2.00 bits per heavy atom. The molecule has 3 saturated heterocycles. The van der Waals surface area contributed by atoms with E-state index in [4.69, 9.17) is 19.2 Å². The van der Waals surface area contributed by atoms with Gasteiger partial charge in [0.25, 0.3) is 0 Å². The van der Waals surface area contributed by atoms with E-state index in [0.29, 0.717) is 19.3 Å². The molecule has 1 aromatic rings. The van der Waals surface area contributed by atoms with Crippen molar-refractivity contribution in [2.24, 2.45) is 0 Å². The molecule has 24 heavy (non-hydrogen) atoms. The molecule has 0 bridgehead atoms. The van der Waals surface area contributed by atoms with Gasteiger partial charge in [-0.15, -0.1) is 0 Å². The van der Waals surface area contributed by atoms with E-state index in [-0.39, 0.29) is 5.79 Å². The molecule has 0 saturated carbocycles. The van der Waals surface area contributed by atoms with E-state index in [0.717, 1.165) is 69.4 Å². The van der Waals surface area contributed by atoms with Gasteiger partial charge in [-0.3, -0.25) is 0 Å². The van der Waals surface area contributed by atoms with Crippen LogP contribution in [0.3, 0.4) is 0 Å². The number of aryl methyl sites for hydroxylation is 1. The summed E-state index contributed by atoms with van der Waals surface area (Å²) in [6, 6.07) is 1.99. The zero-order valence-corrected chi connectivity index (χ0v) is 14.3. The monoisotopic (exact) mass is 334 g/mol. The van der Waals surface area contributed by atoms with Crippen molar-refractivity contribution in [3.05, 3.63) is 11.8 Å². The third-order valence-corrected chi connectivity index (χ3v) is 5.00. The summed E-state index contributed by atoms with van der Waals surface area (Å²) >= 11 is 0.